The predicted molar refractivity (Wildman–Crippen MR) is 87.1 cm³/mol. The first-order valence-electron chi connectivity index (χ1n) is 8.06. The summed E-state index contributed by atoms with van der Waals surface area (Å²) in [5.41, 5.74) is 2.49. The van der Waals surface area contributed by atoms with Gasteiger partial charge >= 0.3 is 0 Å². The summed E-state index contributed by atoms with van der Waals surface area (Å²) in [4.78, 5) is 3.25. The van der Waals surface area contributed by atoms with E-state index >= 15 is 0 Å². The lowest BCUT2D eigenvalue weighted by Gasteiger charge is -2.20. The number of hydrogen-bond acceptors (Lipinski definition) is 1. The molecule has 108 valence electrons. The third kappa shape index (κ3) is 3.00. The van der Waals surface area contributed by atoms with Gasteiger partial charge in [0.1, 0.15) is 0 Å². The third-order valence-electron chi connectivity index (χ3n) is 4.88. The molecular weight excluding hydrogens is 244 g/mol. The normalized spacial score (nSPS) is 23.9. The summed E-state index contributed by atoms with van der Waals surface area (Å²) >= 11 is 0. The highest BCUT2D eigenvalue weighted by atomic mass is 14.9. The topological polar surface area (TPSA) is 27.8 Å². The zero-order valence-electron chi connectivity index (χ0n) is 12.7. The van der Waals surface area contributed by atoms with Crippen LogP contribution in [0.4, 0.5) is 5.69 Å². The van der Waals surface area contributed by atoms with E-state index < -0.39 is 0 Å². The van der Waals surface area contributed by atoms with Gasteiger partial charge in [-0.05, 0) is 55.4 Å². The number of H-pyrrole nitrogens is 1. The van der Waals surface area contributed by atoms with Crippen LogP contribution in [-0.4, -0.2) is 11.0 Å². The van der Waals surface area contributed by atoms with Crippen LogP contribution in [0.25, 0.3) is 10.9 Å². The summed E-state index contributed by atoms with van der Waals surface area (Å²) < 4.78 is 0. The van der Waals surface area contributed by atoms with Gasteiger partial charge in [-0.3, -0.25) is 0 Å². The van der Waals surface area contributed by atoms with E-state index in [0.717, 1.165) is 11.8 Å². The molecule has 0 bridgehead atoms. The highest BCUT2D eigenvalue weighted by Gasteiger charge is 2.20. The Balaban J connectivity index is 1.65. The molecule has 2 nitrogen and oxygen atoms in total. The molecule has 1 saturated carbocycles. The fraction of sp³-hybridized carbons (Fsp3) is 0.556. The van der Waals surface area contributed by atoms with E-state index in [-0.39, 0.29) is 0 Å². The first-order valence-corrected chi connectivity index (χ1v) is 8.06. The lowest BCUT2D eigenvalue weighted by Crippen LogP contribution is -2.18. The number of benzene rings is 1. The Hall–Kier alpha value is -1.44. The Labute approximate surface area is 122 Å². The summed E-state index contributed by atoms with van der Waals surface area (Å²) in [7, 11) is 0. The van der Waals surface area contributed by atoms with Crippen molar-refractivity contribution in [1.29, 1.82) is 0 Å². The van der Waals surface area contributed by atoms with Gasteiger partial charge in [-0.25, -0.2) is 0 Å². The fourth-order valence-corrected chi connectivity index (χ4v) is 3.52. The second-order valence-corrected chi connectivity index (χ2v) is 6.63. The molecule has 3 rings (SSSR count). The average molecular weight is 270 g/mol. The van der Waals surface area contributed by atoms with E-state index in [0.29, 0.717) is 6.04 Å². The summed E-state index contributed by atoms with van der Waals surface area (Å²) in [6.07, 6.45) is 8.79. The summed E-state index contributed by atoms with van der Waals surface area (Å²) in [5.74, 6) is 1.76. The molecule has 0 aliphatic heterocycles. The van der Waals surface area contributed by atoms with Crippen molar-refractivity contribution in [2.24, 2.45) is 11.8 Å². The van der Waals surface area contributed by atoms with Gasteiger partial charge in [0.2, 0.25) is 0 Å². The van der Waals surface area contributed by atoms with Crippen LogP contribution >= 0.6 is 0 Å². The molecule has 2 heteroatoms. The van der Waals surface area contributed by atoms with Crippen LogP contribution in [0.1, 0.15) is 46.0 Å². The van der Waals surface area contributed by atoms with Crippen molar-refractivity contribution in [3.63, 3.8) is 0 Å². The van der Waals surface area contributed by atoms with Gasteiger partial charge in [0.05, 0.1) is 0 Å². The minimum Gasteiger partial charge on any atom is -0.382 e. The Morgan fingerprint density at radius 1 is 1.10 bits per heavy atom. The van der Waals surface area contributed by atoms with Crippen LogP contribution in [-0.2, 0) is 0 Å². The molecule has 0 spiro atoms. The van der Waals surface area contributed by atoms with Crippen molar-refractivity contribution in [1.82, 2.24) is 4.98 Å². The molecule has 1 aliphatic rings. The number of rotatable bonds is 3. The minimum atomic E-state index is 0.648. The highest BCUT2D eigenvalue weighted by Crippen LogP contribution is 2.30. The zero-order chi connectivity index (χ0) is 13.9. The molecule has 2 aromatic rings. The van der Waals surface area contributed by atoms with E-state index in [9.17, 15) is 0 Å². The van der Waals surface area contributed by atoms with Crippen molar-refractivity contribution in [3.05, 3.63) is 30.5 Å². The van der Waals surface area contributed by atoms with Crippen LogP contribution in [0.15, 0.2) is 30.5 Å². The molecule has 1 heterocycles. The Bertz CT molecular complexity index is 555. The second kappa shape index (κ2) is 5.90. The van der Waals surface area contributed by atoms with Crippen molar-refractivity contribution >= 4 is 16.6 Å². The van der Waals surface area contributed by atoms with Crippen molar-refractivity contribution in [2.75, 3.05) is 5.32 Å². The SMILES string of the molecule is CC(C)C1CCCC(Nc2ccc3[nH]ccc3c2)CC1. The number of hydrogen-bond donors (Lipinski definition) is 2. The molecule has 1 aromatic carbocycles. The molecule has 1 fully saturated rings. The van der Waals surface area contributed by atoms with Gasteiger partial charge in [-0.1, -0.05) is 26.7 Å². The maximum atomic E-state index is 3.75. The first-order chi connectivity index (χ1) is 9.72. The van der Waals surface area contributed by atoms with E-state index in [1.165, 1.54) is 48.7 Å². The molecule has 2 N–H and O–H groups in total. The quantitative estimate of drug-likeness (QED) is 0.738. The smallest absolute Gasteiger partial charge is 0.0455 e. The van der Waals surface area contributed by atoms with Gasteiger partial charge in [0.25, 0.3) is 0 Å². The van der Waals surface area contributed by atoms with Crippen LogP contribution < -0.4 is 5.32 Å². The molecule has 0 amide bonds. The number of aromatic nitrogens is 1. The Kier molecular flexibility index (Phi) is 4.00. The monoisotopic (exact) mass is 270 g/mol. The Morgan fingerprint density at radius 2 is 2.00 bits per heavy atom. The predicted octanol–water partition coefficient (Wildman–Crippen LogP) is 5.18. The van der Waals surface area contributed by atoms with E-state index in [4.69, 9.17) is 0 Å². The van der Waals surface area contributed by atoms with Crippen LogP contribution in [0.5, 0.6) is 0 Å². The molecule has 1 aliphatic carbocycles. The van der Waals surface area contributed by atoms with E-state index in [1.807, 2.05) is 6.20 Å². The minimum absolute atomic E-state index is 0.648. The van der Waals surface area contributed by atoms with E-state index in [1.54, 1.807) is 0 Å². The molecule has 2 unspecified atom stereocenters. The average Bonchev–Trinajstić information content (AvgIpc) is 2.76. The Morgan fingerprint density at radius 3 is 2.85 bits per heavy atom. The first kappa shape index (κ1) is 13.5. The van der Waals surface area contributed by atoms with Gasteiger partial charge in [0, 0.05) is 28.8 Å². The van der Waals surface area contributed by atoms with Gasteiger partial charge in [-0.15, -0.1) is 0 Å². The van der Waals surface area contributed by atoms with E-state index in [2.05, 4.69) is 48.4 Å². The van der Waals surface area contributed by atoms with Gasteiger partial charge in [0.15, 0.2) is 0 Å². The third-order valence-corrected chi connectivity index (χ3v) is 4.88. The number of nitrogens with one attached hydrogen (secondary N) is 2. The van der Waals surface area contributed by atoms with Gasteiger partial charge < -0.3 is 10.3 Å². The lowest BCUT2D eigenvalue weighted by molar-refractivity contribution is 0.341. The largest absolute Gasteiger partial charge is 0.382 e. The fourth-order valence-electron chi connectivity index (χ4n) is 3.52. The molecule has 0 saturated heterocycles. The molecule has 1 aromatic heterocycles. The highest BCUT2D eigenvalue weighted by molar-refractivity contribution is 5.83. The number of aromatic amines is 1. The molecule has 2 atom stereocenters. The maximum absolute atomic E-state index is 3.75. The zero-order valence-corrected chi connectivity index (χ0v) is 12.7. The van der Waals surface area contributed by atoms with Crippen molar-refractivity contribution < 1.29 is 0 Å². The maximum Gasteiger partial charge on any atom is 0.0455 e. The molecule has 20 heavy (non-hydrogen) atoms. The standard InChI is InChI=1S/C18H26N2/c1-13(2)14-4-3-5-16(7-6-14)20-17-8-9-18-15(12-17)10-11-19-18/h8-14,16,19-20H,3-7H2,1-2H3. The summed E-state index contributed by atoms with van der Waals surface area (Å²) in [6, 6.07) is 9.42. The van der Waals surface area contributed by atoms with Crippen molar-refractivity contribution in [3.8, 4) is 0 Å². The second-order valence-electron chi connectivity index (χ2n) is 6.63. The van der Waals surface area contributed by atoms with Crippen LogP contribution in [0.3, 0.4) is 0 Å². The van der Waals surface area contributed by atoms with Crippen LogP contribution in [0, 0.1) is 11.8 Å². The van der Waals surface area contributed by atoms with Gasteiger partial charge in [-0.2, -0.15) is 0 Å². The summed E-state index contributed by atoms with van der Waals surface area (Å²) in [5, 5.41) is 5.04. The number of fused-ring (bicyclic) bond motifs is 1. The molecule has 0 radical (unpaired) electrons. The van der Waals surface area contributed by atoms with Crippen molar-refractivity contribution in [2.45, 2.75) is 52.0 Å². The summed E-state index contributed by atoms with van der Waals surface area (Å²) in [6.45, 7) is 4.75. The molecular formula is C18H26N2. The van der Waals surface area contributed by atoms with Crippen LogP contribution in [0.2, 0.25) is 0 Å². The number of anilines is 1. The lowest BCUT2D eigenvalue weighted by atomic mass is 9.89.